The van der Waals surface area contributed by atoms with Gasteiger partial charge in [0.2, 0.25) is 0 Å². The third-order valence-electron chi connectivity index (χ3n) is 5.25. The molecule has 0 radical (unpaired) electrons. The highest BCUT2D eigenvalue weighted by atomic mass is 35.5. The normalized spacial score (nSPS) is 25.3. The Morgan fingerprint density at radius 3 is 2.70 bits per heavy atom. The number of rotatable bonds is 7. The largest absolute Gasteiger partial charge is 0.484 e. The zero-order valence-electron chi connectivity index (χ0n) is 14.7. The fourth-order valence-corrected chi connectivity index (χ4v) is 4.41. The Morgan fingerprint density at radius 1 is 1.33 bits per heavy atom. The van der Waals surface area contributed by atoms with Crippen molar-refractivity contribution in [2.24, 2.45) is 5.41 Å². The summed E-state index contributed by atoms with van der Waals surface area (Å²) in [7, 11) is 0. The van der Waals surface area contributed by atoms with Crippen LogP contribution in [0.3, 0.4) is 0 Å². The number of nitrogens with zero attached hydrogens (tertiary/aromatic N) is 1. The number of aromatic nitrogens is 1. The Morgan fingerprint density at radius 2 is 2.07 bits per heavy atom. The van der Waals surface area contributed by atoms with E-state index in [2.05, 4.69) is 10.5 Å². The van der Waals surface area contributed by atoms with Crippen LogP contribution in [-0.2, 0) is 4.79 Å². The van der Waals surface area contributed by atoms with Crippen molar-refractivity contribution in [3.63, 3.8) is 0 Å². The Bertz CT molecular complexity index is 906. The van der Waals surface area contributed by atoms with Gasteiger partial charge in [0.25, 0.3) is 5.91 Å². The predicted octanol–water partition coefficient (Wildman–Crippen LogP) is 3.47. The minimum Gasteiger partial charge on any atom is -0.484 e. The fourth-order valence-electron chi connectivity index (χ4n) is 4.29. The zero-order chi connectivity index (χ0) is 19.2. The number of carbonyl (C=O) groups is 2. The molecule has 3 fully saturated rings. The summed E-state index contributed by atoms with van der Waals surface area (Å²) in [6, 6.07) is 5.67. The van der Waals surface area contributed by atoms with E-state index >= 15 is 0 Å². The number of amides is 1. The van der Waals surface area contributed by atoms with Crippen molar-refractivity contribution in [1.82, 2.24) is 10.5 Å². The molecule has 5 rings (SSSR count). The van der Waals surface area contributed by atoms with Crippen LogP contribution >= 0.6 is 11.6 Å². The summed E-state index contributed by atoms with van der Waals surface area (Å²) < 4.78 is 23.6. The van der Waals surface area contributed by atoms with Gasteiger partial charge in [-0.25, -0.2) is 4.39 Å². The summed E-state index contributed by atoms with van der Waals surface area (Å²) >= 11 is 5.61. The second kappa shape index (κ2) is 6.34. The highest BCUT2D eigenvalue weighted by Crippen LogP contribution is 2.69. The molecule has 0 saturated heterocycles. The van der Waals surface area contributed by atoms with Crippen LogP contribution < -0.4 is 10.1 Å². The third kappa shape index (κ3) is 3.43. The molecule has 0 atom stereocenters. The molecule has 2 aromatic rings. The molecule has 1 N–H and O–H groups in total. The molecule has 3 aliphatic rings. The van der Waals surface area contributed by atoms with E-state index in [1.165, 1.54) is 12.1 Å². The average Bonchev–Trinajstić information content (AvgIpc) is 2.99. The zero-order valence-corrected chi connectivity index (χ0v) is 15.4. The minimum atomic E-state index is -0.595. The number of hydrogen-bond donors (Lipinski definition) is 1. The first-order valence-corrected chi connectivity index (χ1v) is 9.01. The van der Waals surface area contributed by atoms with Crippen LogP contribution in [0.2, 0.25) is 5.02 Å². The molecule has 1 aromatic carbocycles. The summed E-state index contributed by atoms with van der Waals surface area (Å²) in [4.78, 5) is 24.4. The van der Waals surface area contributed by atoms with E-state index in [1.807, 2.05) is 0 Å². The molecule has 2 bridgehead atoms. The standard InChI is InChI=1S/C19H18ClFN2O4/c1-11-4-15(23-27-11)16(24)6-18-8-19(9-18,10-18)22-17(25)7-26-12-2-3-13(20)14(21)5-12/h2-5H,6-10H2,1H3,(H,22,25). The van der Waals surface area contributed by atoms with Gasteiger partial charge in [-0.15, -0.1) is 0 Å². The van der Waals surface area contributed by atoms with Crippen molar-refractivity contribution in [2.45, 2.75) is 38.1 Å². The van der Waals surface area contributed by atoms with Crippen molar-refractivity contribution in [3.8, 4) is 5.75 Å². The summed E-state index contributed by atoms with van der Waals surface area (Å²) in [6.45, 7) is 1.54. The molecule has 0 unspecified atom stereocenters. The summed E-state index contributed by atoms with van der Waals surface area (Å²) in [5.74, 6) is -0.0329. The Balaban J connectivity index is 1.23. The topological polar surface area (TPSA) is 81.4 Å². The first kappa shape index (κ1) is 18.0. The molecular formula is C19H18ClFN2O4. The maximum Gasteiger partial charge on any atom is 0.258 e. The number of nitrogens with one attached hydrogen (secondary N) is 1. The van der Waals surface area contributed by atoms with Crippen LogP contribution in [0.25, 0.3) is 0 Å². The minimum absolute atomic E-state index is 0.00120. The van der Waals surface area contributed by atoms with Crippen molar-refractivity contribution in [1.29, 1.82) is 0 Å². The van der Waals surface area contributed by atoms with Crippen LogP contribution in [0.5, 0.6) is 5.75 Å². The van der Waals surface area contributed by atoms with Gasteiger partial charge in [0.05, 0.1) is 5.02 Å². The van der Waals surface area contributed by atoms with E-state index in [0.717, 1.165) is 25.3 Å². The van der Waals surface area contributed by atoms with Gasteiger partial charge in [-0.3, -0.25) is 9.59 Å². The number of carbonyl (C=O) groups excluding carboxylic acids is 2. The van der Waals surface area contributed by atoms with Crippen LogP contribution in [0.1, 0.15) is 41.9 Å². The SMILES string of the molecule is Cc1cc(C(=O)CC23CC(NC(=O)COc4ccc(Cl)c(F)c4)(C2)C3)no1. The van der Waals surface area contributed by atoms with Crippen molar-refractivity contribution < 1.29 is 23.2 Å². The highest BCUT2D eigenvalue weighted by molar-refractivity contribution is 6.30. The first-order valence-electron chi connectivity index (χ1n) is 8.64. The van der Waals surface area contributed by atoms with E-state index in [4.69, 9.17) is 20.9 Å². The van der Waals surface area contributed by atoms with E-state index in [1.54, 1.807) is 13.0 Å². The monoisotopic (exact) mass is 392 g/mol. The van der Waals surface area contributed by atoms with Crippen LogP contribution in [-0.4, -0.2) is 29.0 Å². The number of hydrogen-bond acceptors (Lipinski definition) is 5. The highest BCUT2D eigenvalue weighted by Gasteiger charge is 2.68. The molecule has 8 heteroatoms. The maximum absolute atomic E-state index is 13.4. The second-order valence-corrected chi connectivity index (χ2v) is 8.05. The van der Waals surface area contributed by atoms with E-state index in [0.29, 0.717) is 17.9 Å². The number of benzene rings is 1. The lowest BCUT2D eigenvalue weighted by Gasteiger charge is -2.70. The summed E-state index contributed by atoms with van der Waals surface area (Å²) in [5, 5.41) is 6.73. The fraction of sp³-hybridized carbons (Fsp3) is 0.421. The summed E-state index contributed by atoms with van der Waals surface area (Å²) in [6.07, 6.45) is 2.72. The molecule has 3 aliphatic carbocycles. The van der Waals surface area contributed by atoms with E-state index in [-0.39, 0.29) is 40.0 Å². The molecular weight excluding hydrogens is 375 g/mol. The van der Waals surface area contributed by atoms with Gasteiger partial charge in [-0.2, -0.15) is 0 Å². The quantitative estimate of drug-likeness (QED) is 0.730. The average molecular weight is 393 g/mol. The molecule has 6 nitrogen and oxygen atoms in total. The van der Waals surface area contributed by atoms with Crippen molar-refractivity contribution >= 4 is 23.3 Å². The number of Topliss-reactive ketones (excluding diaryl/α,β-unsaturated/α-hetero) is 1. The van der Waals surface area contributed by atoms with Gasteiger partial charge in [0.15, 0.2) is 12.4 Å². The summed E-state index contributed by atoms with van der Waals surface area (Å²) in [5.41, 5.74) is 0.0715. The van der Waals surface area contributed by atoms with Crippen LogP contribution in [0, 0.1) is 18.2 Å². The second-order valence-electron chi connectivity index (χ2n) is 7.65. The van der Waals surface area contributed by atoms with E-state index in [9.17, 15) is 14.0 Å². The maximum atomic E-state index is 13.4. The lowest BCUT2D eigenvalue weighted by molar-refractivity contribution is -0.164. The van der Waals surface area contributed by atoms with Gasteiger partial charge in [-0.1, -0.05) is 16.8 Å². The van der Waals surface area contributed by atoms with Crippen LogP contribution in [0.4, 0.5) is 4.39 Å². The Hall–Kier alpha value is -2.41. The van der Waals surface area contributed by atoms with Crippen molar-refractivity contribution in [3.05, 3.63) is 46.6 Å². The Kier molecular flexibility index (Phi) is 4.22. The third-order valence-corrected chi connectivity index (χ3v) is 5.56. The first-order chi connectivity index (χ1) is 12.8. The van der Waals surface area contributed by atoms with Gasteiger partial charge in [0, 0.05) is 24.1 Å². The Labute approximate surface area is 160 Å². The molecule has 1 heterocycles. The number of halogens is 2. The van der Waals surface area contributed by atoms with Gasteiger partial charge >= 0.3 is 0 Å². The molecule has 0 aliphatic heterocycles. The smallest absolute Gasteiger partial charge is 0.258 e. The predicted molar refractivity (Wildman–Crippen MR) is 94.3 cm³/mol. The number of ether oxygens (including phenoxy) is 1. The molecule has 142 valence electrons. The van der Waals surface area contributed by atoms with E-state index < -0.39 is 5.82 Å². The van der Waals surface area contributed by atoms with Gasteiger partial charge in [-0.05, 0) is 43.7 Å². The molecule has 3 saturated carbocycles. The molecule has 0 spiro atoms. The lowest BCUT2D eigenvalue weighted by atomic mass is 9.38. The molecule has 1 amide bonds. The molecule has 27 heavy (non-hydrogen) atoms. The van der Waals surface area contributed by atoms with Gasteiger partial charge < -0.3 is 14.6 Å². The lowest BCUT2D eigenvalue weighted by Crippen LogP contribution is -2.75. The molecule has 1 aromatic heterocycles. The van der Waals surface area contributed by atoms with Gasteiger partial charge in [0.1, 0.15) is 23.0 Å². The number of aryl methyl sites for hydroxylation is 1. The van der Waals surface area contributed by atoms with Crippen molar-refractivity contribution in [2.75, 3.05) is 6.61 Å². The van der Waals surface area contributed by atoms with Crippen LogP contribution in [0.15, 0.2) is 28.8 Å². The number of ketones is 1.